The SMILES string of the molecule is O=C(CC1CSC2=NC3CCCCC3C(=O)N21)OCc1cc(-c2ccco2)on1. The van der Waals surface area contributed by atoms with Crippen LogP contribution in [0.3, 0.4) is 0 Å². The van der Waals surface area contributed by atoms with Gasteiger partial charge in [0.25, 0.3) is 0 Å². The highest BCUT2D eigenvalue weighted by Gasteiger charge is 2.46. The van der Waals surface area contributed by atoms with Crippen LogP contribution in [0.5, 0.6) is 0 Å². The summed E-state index contributed by atoms with van der Waals surface area (Å²) in [6.45, 7) is 0.0164. The molecular formula is C20H21N3O5S. The molecule has 1 amide bonds. The lowest BCUT2D eigenvalue weighted by molar-refractivity contribution is -0.147. The lowest BCUT2D eigenvalue weighted by atomic mass is 9.83. The fourth-order valence-corrected chi connectivity index (χ4v) is 5.39. The second-order valence-corrected chi connectivity index (χ2v) is 8.55. The van der Waals surface area contributed by atoms with Crippen LogP contribution in [0, 0.1) is 5.92 Å². The molecule has 0 spiro atoms. The number of thioether (sulfide) groups is 1. The van der Waals surface area contributed by atoms with Crippen LogP contribution in [0.1, 0.15) is 37.8 Å². The van der Waals surface area contributed by atoms with E-state index in [0.717, 1.165) is 30.9 Å². The Morgan fingerprint density at radius 3 is 3.07 bits per heavy atom. The van der Waals surface area contributed by atoms with Gasteiger partial charge in [0.15, 0.2) is 10.9 Å². The van der Waals surface area contributed by atoms with Gasteiger partial charge in [-0.2, -0.15) is 0 Å². The normalized spacial score (nSPS) is 26.1. The molecule has 29 heavy (non-hydrogen) atoms. The lowest BCUT2D eigenvalue weighted by Crippen LogP contribution is -2.50. The average molecular weight is 415 g/mol. The van der Waals surface area contributed by atoms with Crippen molar-refractivity contribution >= 4 is 28.8 Å². The summed E-state index contributed by atoms with van der Waals surface area (Å²) in [6.07, 6.45) is 5.78. The molecule has 0 radical (unpaired) electrons. The van der Waals surface area contributed by atoms with E-state index in [0.29, 0.717) is 23.0 Å². The molecule has 4 heterocycles. The van der Waals surface area contributed by atoms with Gasteiger partial charge in [-0.05, 0) is 25.0 Å². The number of rotatable bonds is 5. The number of hydrogen-bond acceptors (Lipinski definition) is 8. The molecule has 2 aromatic rings. The molecule has 3 aliphatic rings. The van der Waals surface area contributed by atoms with Gasteiger partial charge in [0.2, 0.25) is 11.7 Å². The van der Waals surface area contributed by atoms with Crippen LogP contribution in [0.15, 0.2) is 38.4 Å². The number of aliphatic imine (C=N–C) groups is 1. The van der Waals surface area contributed by atoms with Crippen molar-refractivity contribution in [1.82, 2.24) is 10.1 Å². The van der Waals surface area contributed by atoms with E-state index >= 15 is 0 Å². The van der Waals surface area contributed by atoms with E-state index in [1.54, 1.807) is 41.1 Å². The van der Waals surface area contributed by atoms with Gasteiger partial charge in [-0.3, -0.25) is 19.5 Å². The highest BCUT2D eigenvalue weighted by Crippen LogP contribution is 2.38. The Morgan fingerprint density at radius 1 is 1.31 bits per heavy atom. The van der Waals surface area contributed by atoms with Crippen molar-refractivity contribution in [2.45, 2.75) is 50.8 Å². The zero-order valence-electron chi connectivity index (χ0n) is 15.8. The molecular weight excluding hydrogens is 394 g/mol. The number of carbonyl (C=O) groups excluding carboxylic acids is 2. The van der Waals surface area contributed by atoms with Crippen molar-refractivity contribution in [2.75, 3.05) is 5.75 Å². The third-order valence-electron chi connectivity index (χ3n) is 5.64. The van der Waals surface area contributed by atoms with Gasteiger partial charge in [-0.1, -0.05) is 29.8 Å². The van der Waals surface area contributed by atoms with Crippen LogP contribution in [-0.2, 0) is 20.9 Å². The van der Waals surface area contributed by atoms with E-state index in [4.69, 9.17) is 18.7 Å². The fraction of sp³-hybridized carbons (Fsp3) is 0.500. The lowest BCUT2D eigenvalue weighted by Gasteiger charge is -2.37. The molecule has 2 aromatic heterocycles. The molecule has 1 saturated heterocycles. The first kappa shape index (κ1) is 18.5. The van der Waals surface area contributed by atoms with E-state index in [-0.39, 0.29) is 42.9 Å². The molecule has 1 saturated carbocycles. The van der Waals surface area contributed by atoms with Crippen LogP contribution in [0.25, 0.3) is 11.5 Å². The number of aromatic nitrogens is 1. The summed E-state index contributed by atoms with van der Waals surface area (Å²) in [5, 5.41) is 4.67. The molecule has 3 atom stereocenters. The van der Waals surface area contributed by atoms with Crippen molar-refractivity contribution in [1.29, 1.82) is 0 Å². The first-order chi connectivity index (χ1) is 14.2. The summed E-state index contributed by atoms with van der Waals surface area (Å²) in [6, 6.07) is 5.12. The minimum Gasteiger partial charge on any atom is -0.461 e. The molecule has 9 heteroatoms. The quantitative estimate of drug-likeness (QED) is 0.691. The maximum absolute atomic E-state index is 13.0. The minimum absolute atomic E-state index is 0.0164. The number of carbonyl (C=O) groups is 2. The van der Waals surface area contributed by atoms with Gasteiger partial charge in [-0.25, -0.2) is 0 Å². The maximum atomic E-state index is 13.0. The van der Waals surface area contributed by atoms with Crippen LogP contribution in [0.4, 0.5) is 0 Å². The number of nitrogens with zero attached hydrogens (tertiary/aromatic N) is 3. The fourth-order valence-electron chi connectivity index (χ4n) is 4.19. The predicted molar refractivity (Wildman–Crippen MR) is 105 cm³/mol. The zero-order chi connectivity index (χ0) is 19.8. The van der Waals surface area contributed by atoms with Gasteiger partial charge in [0, 0.05) is 11.8 Å². The monoisotopic (exact) mass is 415 g/mol. The molecule has 2 fully saturated rings. The van der Waals surface area contributed by atoms with Crippen molar-refractivity contribution in [2.24, 2.45) is 10.9 Å². The number of ether oxygens (including phenoxy) is 1. The first-order valence-corrected chi connectivity index (χ1v) is 10.9. The smallest absolute Gasteiger partial charge is 0.308 e. The number of amides is 1. The van der Waals surface area contributed by atoms with Gasteiger partial charge in [0.1, 0.15) is 12.3 Å². The zero-order valence-corrected chi connectivity index (χ0v) is 16.6. The second kappa shape index (κ2) is 7.70. The Bertz CT molecular complexity index is 938. The Labute approximate surface area is 171 Å². The summed E-state index contributed by atoms with van der Waals surface area (Å²) in [7, 11) is 0. The standard InChI is InChI=1S/C20H21N3O5S/c24-18(27-10-12-8-17(28-22-12)16-6-3-7-26-16)9-13-11-29-20-21-15-5-2-1-4-14(15)19(25)23(13)20/h3,6-8,13-15H,1-2,4-5,9-11H2. The van der Waals surface area contributed by atoms with E-state index in [2.05, 4.69) is 5.16 Å². The van der Waals surface area contributed by atoms with Crippen LogP contribution < -0.4 is 0 Å². The van der Waals surface area contributed by atoms with Crippen LogP contribution in [0.2, 0.25) is 0 Å². The molecule has 0 bridgehead atoms. The average Bonchev–Trinajstić information content (AvgIpc) is 3.48. The van der Waals surface area contributed by atoms with Gasteiger partial charge < -0.3 is 13.7 Å². The Kier molecular flexibility index (Phi) is 4.91. The third kappa shape index (κ3) is 3.59. The predicted octanol–water partition coefficient (Wildman–Crippen LogP) is 3.24. The van der Waals surface area contributed by atoms with Gasteiger partial charge in [-0.15, -0.1) is 0 Å². The van der Waals surface area contributed by atoms with Crippen molar-refractivity contribution in [3.63, 3.8) is 0 Å². The molecule has 1 aliphatic carbocycles. The summed E-state index contributed by atoms with van der Waals surface area (Å²) >= 11 is 1.56. The third-order valence-corrected chi connectivity index (χ3v) is 6.75. The molecule has 0 N–H and O–H groups in total. The second-order valence-electron chi connectivity index (χ2n) is 7.57. The number of esters is 1. The molecule has 8 nitrogen and oxygen atoms in total. The summed E-state index contributed by atoms with van der Waals surface area (Å²) in [5.41, 5.74) is 0.506. The first-order valence-electron chi connectivity index (χ1n) is 9.88. The molecule has 5 rings (SSSR count). The van der Waals surface area contributed by atoms with E-state index < -0.39 is 0 Å². The molecule has 0 aromatic carbocycles. The Hall–Kier alpha value is -2.55. The summed E-state index contributed by atoms with van der Waals surface area (Å²) in [5.74, 6) is 1.45. The van der Waals surface area contributed by atoms with Crippen molar-refractivity contribution in [3.05, 3.63) is 30.2 Å². The van der Waals surface area contributed by atoms with Crippen molar-refractivity contribution in [3.8, 4) is 11.5 Å². The Balaban J connectivity index is 1.19. The van der Waals surface area contributed by atoms with Crippen LogP contribution in [-0.4, -0.2) is 44.9 Å². The summed E-state index contributed by atoms with van der Waals surface area (Å²) in [4.78, 5) is 31.9. The largest absolute Gasteiger partial charge is 0.461 e. The van der Waals surface area contributed by atoms with Gasteiger partial charge >= 0.3 is 5.97 Å². The number of hydrogen-bond donors (Lipinski definition) is 0. The number of fused-ring (bicyclic) bond motifs is 2. The Morgan fingerprint density at radius 2 is 2.21 bits per heavy atom. The number of furan rings is 1. The van der Waals surface area contributed by atoms with Crippen LogP contribution >= 0.6 is 11.8 Å². The maximum Gasteiger partial charge on any atom is 0.308 e. The van der Waals surface area contributed by atoms with E-state index in [9.17, 15) is 9.59 Å². The molecule has 152 valence electrons. The molecule has 2 aliphatic heterocycles. The van der Waals surface area contributed by atoms with Gasteiger partial charge in [0.05, 0.1) is 30.7 Å². The minimum atomic E-state index is -0.363. The topological polar surface area (TPSA) is 98.1 Å². The van der Waals surface area contributed by atoms with E-state index in [1.165, 1.54) is 0 Å². The highest BCUT2D eigenvalue weighted by atomic mass is 32.2. The van der Waals surface area contributed by atoms with Crippen molar-refractivity contribution < 1.29 is 23.3 Å². The number of amidine groups is 1. The van der Waals surface area contributed by atoms with E-state index in [1.807, 2.05) is 0 Å². The highest BCUT2D eigenvalue weighted by molar-refractivity contribution is 8.14. The molecule has 3 unspecified atom stereocenters. The summed E-state index contributed by atoms with van der Waals surface area (Å²) < 4.78 is 15.8.